The van der Waals surface area contributed by atoms with Gasteiger partial charge in [0.25, 0.3) is 0 Å². The van der Waals surface area contributed by atoms with Gasteiger partial charge in [0.2, 0.25) is 34.8 Å². The summed E-state index contributed by atoms with van der Waals surface area (Å²) in [5.74, 6) is -18.6. The number of halogens is 9. The Labute approximate surface area is 187 Å². The Kier molecular flexibility index (Phi) is 6.65. The van der Waals surface area contributed by atoms with Crippen molar-refractivity contribution in [3.05, 3.63) is 85.2 Å². The van der Waals surface area contributed by atoms with Crippen LogP contribution >= 0.6 is 34.2 Å². The third-order valence-electron chi connectivity index (χ3n) is 3.87. The highest BCUT2D eigenvalue weighted by Gasteiger charge is 2.30. The van der Waals surface area contributed by atoms with Crippen LogP contribution in [0, 0.1) is 44.3 Å². The van der Waals surface area contributed by atoms with Crippen molar-refractivity contribution in [2.75, 3.05) is 5.32 Å². The van der Waals surface area contributed by atoms with Gasteiger partial charge in [-0.1, -0.05) is 11.6 Å². The second-order valence-electron chi connectivity index (χ2n) is 5.82. The summed E-state index contributed by atoms with van der Waals surface area (Å²) in [6.07, 6.45) is 0. The molecule has 31 heavy (non-hydrogen) atoms. The Morgan fingerprint density at radius 1 is 0.839 bits per heavy atom. The molecule has 0 bridgehead atoms. The Bertz CT molecular complexity index is 1190. The van der Waals surface area contributed by atoms with Crippen molar-refractivity contribution in [3.8, 4) is 5.75 Å². The third-order valence-corrected chi connectivity index (χ3v) is 4.85. The lowest BCUT2D eigenvalue weighted by Crippen LogP contribution is -2.16. The number of carbonyl (C=O) groups excluding carboxylic acids is 1. The van der Waals surface area contributed by atoms with E-state index in [0.717, 1.165) is 0 Å². The van der Waals surface area contributed by atoms with Crippen molar-refractivity contribution in [3.63, 3.8) is 0 Å². The zero-order valence-corrected chi connectivity index (χ0v) is 17.5. The minimum absolute atomic E-state index is 0.0249. The molecule has 0 aliphatic carbocycles. The van der Waals surface area contributed by atoms with Crippen LogP contribution in [-0.2, 0) is 0 Å². The first-order chi connectivity index (χ1) is 14.5. The second-order valence-corrected chi connectivity index (χ2v) is 7.47. The largest absolute Gasteiger partial charge is 0.416 e. The highest BCUT2D eigenvalue weighted by Crippen LogP contribution is 2.34. The molecule has 0 aliphatic heterocycles. The number of carbonyl (C=O) groups is 1. The van der Waals surface area contributed by atoms with Gasteiger partial charge in [-0.2, -0.15) is 8.78 Å². The van der Waals surface area contributed by atoms with E-state index in [-0.39, 0.29) is 10.7 Å². The molecule has 0 amide bonds. The van der Waals surface area contributed by atoms with Crippen molar-refractivity contribution in [1.82, 2.24) is 0 Å². The quantitative estimate of drug-likeness (QED) is 0.0921. The maximum atomic E-state index is 14.4. The summed E-state index contributed by atoms with van der Waals surface area (Å²) < 4.78 is 101. The molecule has 12 heteroatoms. The lowest BCUT2D eigenvalue weighted by molar-refractivity contribution is 0.0716. The van der Waals surface area contributed by atoms with Crippen LogP contribution in [0.4, 0.5) is 42.1 Å². The lowest BCUT2D eigenvalue weighted by Gasteiger charge is -2.15. The van der Waals surface area contributed by atoms with Crippen molar-refractivity contribution in [2.45, 2.75) is 0 Å². The minimum Gasteiger partial charge on any atom is -0.416 e. The zero-order valence-electron chi connectivity index (χ0n) is 14.6. The van der Waals surface area contributed by atoms with E-state index < -0.39 is 63.7 Å². The molecular formula is C19H6ClF7INO2. The molecule has 0 spiro atoms. The minimum atomic E-state index is -2.46. The fraction of sp³-hybridized carbons (Fsp3) is 0. The first-order valence-electron chi connectivity index (χ1n) is 7.96. The molecule has 0 aromatic heterocycles. The molecule has 0 saturated heterocycles. The average Bonchev–Trinajstić information content (AvgIpc) is 2.73. The summed E-state index contributed by atoms with van der Waals surface area (Å²) in [6.45, 7) is 0. The molecule has 0 saturated carbocycles. The predicted molar refractivity (Wildman–Crippen MR) is 105 cm³/mol. The number of hydrogen-bond acceptors (Lipinski definition) is 3. The SMILES string of the molecule is O=C(Oc1c(F)c(F)c(F)c(F)c1F)c1ccc(F)c(F)c1Nc1ccc(I)cc1Cl. The normalized spacial score (nSPS) is 10.9. The van der Waals surface area contributed by atoms with Gasteiger partial charge in [0.1, 0.15) is 0 Å². The van der Waals surface area contributed by atoms with E-state index in [1.165, 1.54) is 12.1 Å². The third kappa shape index (κ3) is 4.42. The Morgan fingerprint density at radius 2 is 1.42 bits per heavy atom. The van der Waals surface area contributed by atoms with Crippen LogP contribution in [0.2, 0.25) is 5.02 Å². The second kappa shape index (κ2) is 8.91. The lowest BCUT2D eigenvalue weighted by atomic mass is 10.1. The van der Waals surface area contributed by atoms with Gasteiger partial charge < -0.3 is 10.1 Å². The fourth-order valence-electron chi connectivity index (χ4n) is 2.39. The molecular weight excluding hydrogens is 570 g/mol. The molecule has 1 N–H and O–H groups in total. The zero-order chi connectivity index (χ0) is 23.0. The van der Waals surface area contributed by atoms with Gasteiger partial charge in [-0.05, 0) is 52.9 Å². The molecule has 0 unspecified atom stereocenters. The summed E-state index contributed by atoms with van der Waals surface area (Å²) in [5, 5.41) is 2.41. The molecule has 3 aromatic rings. The summed E-state index contributed by atoms with van der Waals surface area (Å²) in [7, 11) is 0. The van der Waals surface area contributed by atoms with Crippen molar-refractivity contribution >= 4 is 51.5 Å². The van der Waals surface area contributed by atoms with Crippen LogP contribution in [0.25, 0.3) is 0 Å². The Morgan fingerprint density at radius 3 is 2.00 bits per heavy atom. The van der Waals surface area contributed by atoms with Crippen LogP contribution in [0.3, 0.4) is 0 Å². The fourth-order valence-corrected chi connectivity index (χ4v) is 3.29. The summed E-state index contributed by atoms with van der Waals surface area (Å²) in [6, 6.07) is 5.56. The molecule has 0 heterocycles. The molecule has 162 valence electrons. The molecule has 0 atom stereocenters. The van der Waals surface area contributed by atoms with Crippen molar-refractivity contribution in [2.24, 2.45) is 0 Å². The standard InChI is InChI=1S/C19H6ClF7INO2/c20-8-5-6(28)1-4-10(8)29-17-7(2-3-9(21)11(17)22)19(30)31-18-15(26)13(24)12(23)14(25)16(18)27/h1-5,29H. The number of esters is 1. The van der Waals surface area contributed by atoms with Gasteiger partial charge in [0, 0.05) is 3.57 Å². The molecule has 3 nitrogen and oxygen atoms in total. The van der Waals surface area contributed by atoms with Gasteiger partial charge in [-0.15, -0.1) is 0 Å². The van der Waals surface area contributed by atoms with E-state index in [4.69, 9.17) is 11.6 Å². The number of anilines is 2. The molecule has 0 radical (unpaired) electrons. The predicted octanol–water partition coefficient (Wildman–Crippen LogP) is 6.88. The van der Waals surface area contributed by atoms with E-state index >= 15 is 0 Å². The van der Waals surface area contributed by atoms with Crippen molar-refractivity contribution < 1.29 is 40.3 Å². The average molecular weight is 576 g/mol. The number of nitrogens with one attached hydrogen (secondary N) is 1. The van der Waals surface area contributed by atoms with Gasteiger partial charge in [-0.25, -0.2) is 26.7 Å². The van der Waals surface area contributed by atoms with E-state index in [1.54, 1.807) is 6.07 Å². The number of ether oxygens (including phenoxy) is 1. The van der Waals surface area contributed by atoms with Crippen LogP contribution in [0.5, 0.6) is 5.75 Å². The Hall–Kier alpha value is -2.54. The molecule has 0 fully saturated rings. The summed E-state index contributed by atoms with van der Waals surface area (Å²) in [4.78, 5) is 12.4. The highest BCUT2D eigenvalue weighted by atomic mass is 127. The van der Waals surface area contributed by atoms with Gasteiger partial charge in [0.05, 0.1) is 22.0 Å². The van der Waals surface area contributed by atoms with E-state index in [1.807, 2.05) is 22.6 Å². The van der Waals surface area contributed by atoms with Crippen molar-refractivity contribution in [1.29, 1.82) is 0 Å². The smallest absolute Gasteiger partial charge is 0.345 e. The van der Waals surface area contributed by atoms with Gasteiger partial charge >= 0.3 is 5.97 Å². The van der Waals surface area contributed by atoms with Crippen LogP contribution < -0.4 is 10.1 Å². The summed E-state index contributed by atoms with van der Waals surface area (Å²) in [5.41, 5.74) is -1.62. The molecule has 0 aliphatic rings. The van der Waals surface area contributed by atoms with E-state index in [2.05, 4.69) is 10.1 Å². The van der Waals surface area contributed by atoms with Gasteiger partial charge in [-0.3, -0.25) is 0 Å². The maximum Gasteiger partial charge on any atom is 0.345 e. The maximum absolute atomic E-state index is 14.4. The number of hydrogen-bond donors (Lipinski definition) is 1. The first-order valence-corrected chi connectivity index (χ1v) is 9.42. The Balaban J connectivity index is 2.06. The van der Waals surface area contributed by atoms with E-state index in [9.17, 15) is 35.5 Å². The monoisotopic (exact) mass is 575 g/mol. The summed E-state index contributed by atoms with van der Waals surface area (Å²) >= 11 is 7.94. The topological polar surface area (TPSA) is 38.3 Å². The highest BCUT2D eigenvalue weighted by molar-refractivity contribution is 14.1. The van der Waals surface area contributed by atoms with Crippen LogP contribution in [0.1, 0.15) is 10.4 Å². The number of benzene rings is 3. The van der Waals surface area contributed by atoms with E-state index in [0.29, 0.717) is 15.7 Å². The molecule has 3 aromatic carbocycles. The number of rotatable bonds is 4. The van der Waals surface area contributed by atoms with Gasteiger partial charge in [0.15, 0.2) is 11.6 Å². The van der Waals surface area contributed by atoms with Crippen LogP contribution in [0.15, 0.2) is 30.3 Å². The molecule has 3 rings (SSSR count). The first kappa shape index (κ1) is 23.1. The van der Waals surface area contributed by atoms with Crippen LogP contribution in [-0.4, -0.2) is 5.97 Å².